The third-order valence-electron chi connectivity index (χ3n) is 5.46. The molecule has 3 aromatic carbocycles. The van der Waals surface area contributed by atoms with E-state index in [1.165, 1.54) is 6.07 Å². The van der Waals surface area contributed by atoms with Crippen LogP contribution in [0.1, 0.15) is 21.7 Å². The molecule has 6 heteroatoms. The highest BCUT2D eigenvalue weighted by atomic mass is 35.5. The van der Waals surface area contributed by atoms with Gasteiger partial charge in [0.15, 0.2) is 5.76 Å². The molecule has 5 nitrogen and oxygen atoms in total. The summed E-state index contributed by atoms with van der Waals surface area (Å²) in [5.41, 5.74) is 2.88. The summed E-state index contributed by atoms with van der Waals surface area (Å²) in [7, 11) is 1.57. The molecule has 0 unspecified atom stereocenters. The van der Waals surface area contributed by atoms with Gasteiger partial charge in [-0.3, -0.25) is 4.79 Å². The fourth-order valence-electron chi connectivity index (χ4n) is 3.89. The van der Waals surface area contributed by atoms with Gasteiger partial charge in [0.1, 0.15) is 16.9 Å². The van der Waals surface area contributed by atoms with Gasteiger partial charge in [0, 0.05) is 27.6 Å². The maximum absolute atomic E-state index is 13.5. The number of benzene rings is 3. The first-order valence-corrected chi connectivity index (χ1v) is 10.3. The Morgan fingerprint density at radius 3 is 2.34 bits per heavy atom. The molecule has 5 aromatic rings. The second kappa shape index (κ2) is 7.70. The summed E-state index contributed by atoms with van der Waals surface area (Å²) in [5, 5.41) is 1.91. The summed E-state index contributed by atoms with van der Waals surface area (Å²) in [6.45, 7) is 1.84. The van der Waals surface area contributed by atoms with Crippen molar-refractivity contribution >= 4 is 39.3 Å². The number of fused-ring (bicyclic) bond motifs is 3. The monoisotopic (exact) mass is 444 g/mol. The number of halogens is 1. The number of carbonyl (C=O) groups is 1. The van der Waals surface area contributed by atoms with E-state index >= 15 is 0 Å². The van der Waals surface area contributed by atoms with E-state index < -0.39 is 5.63 Å². The lowest BCUT2D eigenvalue weighted by Crippen LogP contribution is -2.02. The van der Waals surface area contributed by atoms with Crippen LogP contribution in [0, 0.1) is 6.92 Å². The predicted molar refractivity (Wildman–Crippen MR) is 124 cm³/mol. The third kappa shape index (κ3) is 3.27. The molecule has 0 aliphatic heterocycles. The van der Waals surface area contributed by atoms with Gasteiger partial charge in [-0.2, -0.15) is 0 Å². The first-order chi connectivity index (χ1) is 15.5. The number of hydrogen-bond acceptors (Lipinski definition) is 5. The molecule has 0 radical (unpaired) electrons. The number of aryl methyl sites for hydroxylation is 1. The van der Waals surface area contributed by atoms with E-state index in [2.05, 4.69) is 0 Å². The Bertz CT molecular complexity index is 1540. The second-order valence-corrected chi connectivity index (χ2v) is 7.87. The van der Waals surface area contributed by atoms with E-state index in [0.717, 1.165) is 16.5 Å². The van der Waals surface area contributed by atoms with Gasteiger partial charge in [-0.25, -0.2) is 4.79 Å². The van der Waals surface area contributed by atoms with E-state index in [1.54, 1.807) is 49.6 Å². The Morgan fingerprint density at radius 1 is 0.938 bits per heavy atom. The molecule has 2 heterocycles. The Balaban J connectivity index is 1.85. The van der Waals surface area contributed by atoms with Gasteiger partial charge in [-0.05, 0) is 66.6 Å². The van der Waals surface area contributed by atoms with Crippen molar-refractivity contribution in [1.29, 1.82) is 0 Å². The van der Waals surface area contributed by atoms with Crippen molar-refractivity contribution in [2.24, 2.45) is 0 Å². The SMILES string of the molecule is COc1ccc(C(=O)c2oc3ccc4c(C)cc(=O)oc4c3c2-c2ccc(Cl)cc2)cc1. The topological polar surface area (TPSA) is 69.7 Å². The highest BCUT2D eigenvalue weighted by molar-refractivity contribution is 6.30. The summed E-state index contributed by atoms with van der Waals surface area (Å²) in [4.78, 5) is 25.7. The summed E-state index contributed by atoms with van der Waals surface area (Å²) in [5.74, 6) is 0.508. The van der Waals surface area contributed by atoms with Gasteiger partial charge in [-0.15, -0.1) is 0 Å². The Morgan fingerprint density at radius 2 is 1.66 bits per heavy atom. The van der Waals surface area contributed by atoms with Gasteiger partial charge >= 0.3 is 5.63 Å². The van der Waals surface area contributed by atoms with Gasteiger partial charge in [-0.1, -0.05) is 23.7 Å². The quantitative estimate of drug-likeness (QED) is 0.237. The molecular formula is C26H17ClO5. The van der Waals surface area contributed by atoms with E-state index in [-0.39, 0.29) is 11.5 Å². The predicted octanol–water partition coefficient (Wildman–Crippen LogP) is 6.41. The third-order valence-corrected chi connectivity index (χ3v) is 5.71. The van der Waals surface area contributed by atoms with Crippen molar-refractivity contribution in [3.05, 3.63) is 99.1 Å². The minimum atomic E-state index is -0.464. The normalized spacial score (nSPS) is 11.2. The summed E-state index contributed by atoms with van der Waals surface area (Å²) in [6.07, 6.45) is 0. The van der Waals surface area contributed by atoms with Crippen LogP contribution in [0.2, 0.25) is 5.02 Å². The zero-order valence-corrected chi connectivity index (χ0v) is 18.0. The molecule has 2 aromatic heterocycles. The van der Waals surface area contributed by atoms with Crippen LogP contribution in [-0.2, 0) is 0 Å². The molecule has 0 saturated carbocycles. The molecule has 0 aliphatic rings. The first kappa shape index (κ1) is 20.1. The zero-order valence-electron chi connectivity index (χ0n) is 17.3. The van der Waals surface area contributed by atoms with Crippen molar-refractivity contribution < 1.29 is 18.4 Å². The number of methoxy groups -OCH3 is 1. The van der Waals surface area contributed by atoms with Crippen molar-refractivity contribution in [3.63, 3.8) is 0 Å². The summed E-state index contributed by atoms with van der Waals surface area (Å²) in [6, 6.07) is 19.0. The van der Waals surface area contributed by atoms with Crippen LogP contribution in [0.15, 0.2) is 80.4 Å². The first-order valence-electron chi connectivity index (χ1n) is 9.91. The van der Waals surface area contributed by atoms with Crippen LogP contribution in [0.3, 0.4) is 0 Å². The van der Waals surface area contributed by atoms with Crippen molar-refractivity contribution in [3.8, 4) is 16.9 Å². The molecule has 0 N–H and O–H groups in total. The molecule has 0 saturated heterocycles. The van der Waals surface area contributed by atoms with E-state index in [0.29, 0.717) is 38.5 Å². The highest BCUT2D eigenvalue weighted by Crippen LogP contribution is 2.40. The Hall–Kier alpha value is -3.83. The average molecular weight is 445 g/mol. The van der Waals surface area contributed by atoms with Crippen LogP contribution >= 0.6 is 11.6 Å². The van der Waals surface area contributed by atoms with Crippen LogP contribution in [0.5, 0.6) is 5.75 Å². The van der Waals surface area contributed by atoms with Gasteiger partial charge in [0.05, 0.1) is 12.5 Å². The number of rotatable bonds is 4. The molecule has 0 atom stereocenters. The van der Waals surface area contributed by atoms with E-state index in [4.69, 9.17) is 25.2 Å². The van der Waals surface area contributed by atoms with E-state index in [1.807, 2.05) is 25.1 Å². The zero-order chi connectivity index (χ0) is 22.4. The molecule has 0 fully saturated rings. The minimum Gasteiger partial charge on any atom is -0.497 e. The minimum absolute atomic E-state index is 0.157. The maximum Gasteiger partial charge on any atom is 0.336 e. The summed E-state index contributed by atoms with van der Waals surface area (Å²) < 4.78 is 16.9. The largest absolute Gasteiger partial charge is 0.497 e. The van der Waals surface area contributed by atoms with Crippen molar-refractivity contribution in [2.75, 3.05) is 7.11 Å². The molecule has 0 bridgehead atoms. The van der Waals surface area contributed by atoms with Gasteiger partial charge in [0.25, 0.3) is 0 Å². The molecule has 0 spiro atoms. The number of hydrogen-bond donors (Lipinski definition) is 0. The highest BCUT2D eigenvalue weighted by Gasteiger charge is 2.26. The van der Waals surface area contributed by atoms with Crippen LogP contribution in [-0.4, -0.2) is 12.9 Å². The van der Waals surface area contributed by atoms with Gasteiger partial charge in [0.2, 0.25) is 5.78 Å². The fourth-order valence-corrected chi connectivity index (χ4v) is 4.01. The molecule has 0 aliphatic carbocycles. The molecule has 0 amide bonds. The van der Waals surface area contributed by atoms with Gasteiger partial charge < -0.3 is 13.6 Å². The van der Waals surface area contributed by atoms with Crippen molar-refractivity contribution in [2.45, 2.75) is 6.92 Å². The summed E-state index contributed by atoms with van der Waals surface area (Å²) >= 11 is 6.09. The Labute approximate surface area is 187 Å². The smallest absolute Gasteiger partial charge is 0.336 e. The molecular weight excluding hydrogens is 428 g/mol. The molecule has 32 heavy (non-hydrogen) atoms. The fraction of sp³-hybridized carbons (Fsp3) is 0.0769. The second-order valence-electron chi connectivity index (χ2n) is 7.43. The lowest BCUT2D eigenvalue weighted by atomic mass is 9.96. The lowest BCUT2D eigenvalue weighted by molar-refractivity contribution is 0.101. The van der Waals surface area contributed by atoms with Crippen LogP contribution in [0.4, 0.5) is 0 Å². The lowest BCUT2D eigenvalue weighted by Gasteiger charge is -2.06. The number of carbonyl (C=O) groups excluding carboxylic acids is 1. The average Bonchev–Trinajstić information content (AvgIpc) is 3.19. The van der Waals surface area contributed by atoms with Crippen molar-refractivity contribution in [1.82, 2.24) is 0 Å². The van der Waals surface area contributed by atoms with Crippen LogP contribution in [0.25, 0.3) is 33.1 Å². The number of ketones is 1. The van der Waals surface area contributed by atoms with E-state index in [9.17, 15) is 9.59 Å². The Kier molecular flexibility index (Phi) is 4.83. The standard InChI is InChI=1S/C26H17ClO5/c1-14-13-21(28)32-25-19(14)11-12-20-23(25)22(15-3-7-17(27)8-4-15)26(31-20)24(29)16-5-9-18(30-2)10-6-16/h3-13H,1-2H3. The molecule has 5 rings (SSSR count). The maximum atomic E-state index is 13.5. The molecule has 158 valence electrons. The number of furan rings is 1. The van der Waals surface area contributed by atoms with Crippen LogP contribution < -0.4 is 10.4 Å². The number of ether oxygens (including phenoxy) is 1.